The van der Waals surface area contributed by atoms with Gasteiger partial charge in [-0.3, -0.25) is 4.79 Å². The Morgan fingerprint density at radius 1 is 1.39 bits per heavy atom. The molecule has 0 aliphatic heterocycles. The average molecular weight is 248 g/mol. The molecule has 0 aliphatic carbocycles. The van der Waals surface area contributed by atoms with E-state index in [1.54, 1.807) is 24.3 Å². The molecule has 94 valence electrons. The van der Waals surface area contributed by atoms with E-state index in [2.05, 4.69) is 15.4 Å². The Balaban J connectivity index is 2.15. The molecule has 7 nitrogen and oxygen atoms in total. The van der Waals surface area contributed by atoms with Crippen LogP contribution in [0.15, 0.2) is 24.3 Å². The maximum absolute atomic E-state index is 10.5. The summed E-state index contributed by atoms with van der Waals surface area (Å²) in [5.74, 6) is 0.143. The van der Waals surface area contributed by atoms with Crippen molar-refractivity contribution in [2.75, 3.05) is 6.61 Å². The van der Waals surface area contributed by atoms with E-state index in [-0.39, 0.29) is 6.54 Å². The molecule has 1 aromatic carbocycles. The molecule has 2 rings (SSSR count). The number of nitrogens with zero attached hydrogens (tertiary/aromatic N) is 4. The lowest BCUT2D eigenvalue weighted by atomic mass is 10.2. The van der Waals surface area contributed by atoms with Gasteiger partial charge in [0.25, 0.3) is 0 Å². The highest BCUT2D eigenvalue weighted by Gasteiger charge is 2.08. The molecular weight excluding hydrogens is 236 g/mol. The van der Waals surface area contributed by atoms with E-state index in [9.17, 15) is 4.79 Å². The summed E-state index contributed by atoms with van der Waals surface area (Å²) in [6.07, 6.45) is 0. The van der Waals surface area contributed by atoms with Gasteiger partial charge in [-0.15, -0.1) is 10.2 Å². The lowest BCUT2D eigenvalue weighted by molar-refractivity contribution is -0.138. The Morgan fingerprint density at radius 2 is 2.11 bits per heavy atom. The molecule has 18 heavy (non-hydrogen) atoms. The highest BCUT2D eigenvalue weighted by atomic mass is 16.5. The fourth-order valence-electron chi connectivity index (χ4n) is 1.41. The first-order valence-corrected chi connectivity index (χ1v) is 5.42. The SMILES string of the molecule is CCOc1ccc(-c2nnn(CC(=O)O)n2)cc1. The van der Waals surface area contributed by atoms with Crippen LogP contribution in [-0.4, -0.2) is 37.9 Å². The van der Waals surface area contributed by atoms with Crippen LogP contribution in [0.1, 0.15) is 6.92 Å². The van der Waals surface area contributed by atoms with Crippen LogP contribution in [0.25, 0.3) is 11.4 Å². The van der Waals surface area contributed by atoms with Crippen molar-refractivity contribution in [3.05, 3.63) is 24.3 Å². The van der Waals surface area contributed by atoms with Crippen molar-refractivity contribution >= 4 is 5.97 Å². The van der Waals surface area contributed by atoms with Gasteiger partial charge in [0, 0.05) is 5.56 Å². The summed E-state index contributed by atoms with van der Waals surface area (Å²) < 4.78 is 5.32. The van der Waals surface area contributed by atoms with Gasteiger partial charge in [0.15, 0.2) is 6.54 Å². The largest absolute Gasteiger partial charge is 0.494 e. The van der Waals surface area contributed by atoms with Crippen molar-refractivity contribution in [1.29, 1.82) is 0 Å². The van der Waals surface area contributed by atoms with E-state index < -0.39 is 5.97 Å². The zero-order chi connectivity index (χ0) is 13.0. The van der Waals surface area contributed by atoms with Crippen LogP contribution in [0.4, 0.5) is 0 Å². The Hall–Kier alpha value is -2.44. The number of hydrogen-bond acceptors (Lipinski definition) is 5. The van der Waals surface area contributed by atoms with Gasteiger partial charge in [-0.05, 0) is 36.4 Å². The molecule has 0 saturated carbocycles. The standard InChI is InChI=1S/C11H12N4O3/c1-2-18-9-5-3-8(4-6-9)11-12-14-15(13-11)7-10(16)17/h3-6H,2,7H2,1H3,(H,16,17). The third-order valence-electron chi connectivity index (χ3n) is 2.15. The quantitative estimate of drug-likeness (QED) is 0.842. The topological polar surface area (TPSA) is 90.1 Å². The monoisotopic (exact) mass is 248 g/mol. The minimum atomic E-state index is -1.01. The number of benzene rings is 1. The van der Waals surface area contributed by atoms with Gasteiger partial charge in [-0.1, -0.05) is 0 Å². The van der Waals surface area contributed by atoms with E-state index in [0.717, 1.165) is 16.1 Å². The summed E-state index contributed by atoms with van der Waals surface area (Å²) in [6, 6.07) is 7.20. The predicted molar refractivity (Wildman–Crippen MR) is 62.1 cm³/mol. The van der Waals surface area contributed by atoms with E-state index in [0.29, 0.717) is 12.4 Å². The molecule has 1 N–H and O–H groups in total. The van der Waals surface area contributed by atoms with Gasteiger partial charge in [0.2, 0.25) is 5.82 Å². The van der Waals surface area contributed by atoms with Crippen molar-refractivity contribution in [2.24, 2.45) is 0 Å². The number of carbonyl (C=O) groups is 1. The molecule has 7 heteroatoms. The molecular formula is C11H12N4O3. The third-order valence-corrected chi connectivity index (χ3v) is 2.15. The van der Waals surface area contributed by atoms with Crippen molar-refractivity contribution < 1.29 is 14.6 Å². The maximum Gasteiger partial charge on any atom is 0.327 e. The molecule has 0 saturated heterocycles. The fraction of sp³-hybridized carbons (Fsp3) is 0.273. The van der Waals surface area contributed by atoms with Crippen molar-refractivity contribution in [2.45, 2.75) is 13.5 Å². The summed E-state index contributed by atoms with van der Waals surface area (Å²) in [5, 5.41) is 20.0. The molecule has 0 radical (unpaired) electrons. The summed E-state index contributed by atoms with van der Waals surface area (Å²) in [7, 11) is 0. The van der Waals surface area contributed by atoms with Crippen molar-refractivity contribution in [3.63, 3.8) is 0 Å². The highest BCUT2D eigenvalue weighted by Crippen LogP contribution is 2.18. The van der Waals surface area contributed by atoms with Crippen LogP contribution in [0.3, 0.4) is 0 Å². The molecule has 0 unspecified atom stereocenters. The zero-order valence-corrected chi connectivity index (χ0v) is 9.78. The first-order chi connectivity index (χ1) is 8.69. The second-order valence-corrected chi connectivity index (χ2v) is 3.49. The van der Waals surface area contributed by atoms with Crippen molar-refractivity contribution in [3.8, 4) is 17.1 Å². The van der Waals surface area contributed by atoms with Gasteiger partial charge in [0.05, 0.1) is 6.61 Å². The molecule has 2 aromatic rings. The maximum atomic E-state index is 10.5. The smallest absolute Gasteiger partial charge is 0.327 e. The summed E-state index contributed by atoms with van der Waals surface area (Å²) >= 11 is 0. The van der Waals surface area contributed by atoms with E-state index in [4.69, 9.17) is 9.84 Å². The number of rotatable bonds is 5. The first-order valence-electron chi connectivity index (χ1n) is 5.42. The van der Waals surface area contributed by atoms with Crippen LogP contribution in [0.2, 0.25) is 0 Å². The first kappa shape index (κ1) is 12.0. The van der Waals surface area contributed by atoms with Crippen LogP contribution in [0.5, 0.6) is 5.75 Å². The molecule has 0 amide bonds. The molecule has 0 spiro atoms. The predicted octanol–water partition coefficient (Wildman–Crippen LogP) is 0.823. The summed E-state index contributed by atoms with van der Waals surface area (Å²) in [4.78, 5) is 11.5. The Kier molecular flexibility index (Phi) is 3.52. The van der Waals surface area contributed by atoms with Crippen LogP contribution in [0, 0.1) is 0 Å². The molecule has 0 fully saturated rings. The Morgan fingerprint density at radius 3 is 2.72 bits per heavy atom. The third kappa shape index (κ3) is 2.82. The minimum absolute atomic E-state index is 0.302. The zero-order valence-electron chi connectivity index (χ0n) is 9.78. The minimum Gasteiger partial charge on any atom is -0.494 e. The molecule has 0 atom stereocenters. The lowest BCUT2D eigenvalue weighted by Crippen LogP contribution is -2.11. The number of carboxylic acids is 1. The number of hydrogen-bond donors (Lipinski definition) is 1. The molecule has 0 bridgehead atoms. The van der Waals surface area contributed by atoms with E-state index in [1.807, 2.05) is 6.92 Å². The number of tetrazole rings is 1. The van der Waals surface area contributed by atoms with Gasteiger partial charge in [-0.2, -0.15) is 4.80 Å². The summed E-state index contributed by atoms with van der Waals surface area (Å²) in [5.41, 5.74) is 0.759. The van der Waals surface area contributed by atoms with Crippen LogP contribution in [-0.2, 0) is 11.3 Å². The number of aromatic nitrogens is 4. The lowest BCUT2D eigenvalue weighted by Gasteiger charge is -2.02. The second kappa shape index (κ2) is 5.26. The van der Waals surface area contributed by atoms with Crippen LogP contribution >= 0.6 is 0 Å². The molecule has 1 aromatic heterocycles. The Bertz CT molecular complexity index is 535. The number of ether oxygens (including phenoxy) is 1. The molecule has 1 heterocycles. The Labute approximate surface area is 103 Å². The van der Waals surface area contributed by atoms with Crippen molar-refractivity contribution in [1.82, 2.24) is 20.2 Å². The second-order valence-electron chi connectivity index (χ2n) is 3.49. The van der Waals surface area contributed by atoms with Gasteiger partial charge in [-0.25, -0.2) is 0 Å². The number of carboxylic acid groups (broad SMARTS) is 1. The van der Waals surface area contributed by atoms with E-state index in [1.165, 1.54) is 0 Å². The average Bonchev–Trinajstić information content (AvgIpc) is 2.78. The summed E-state index contributed by atoms with van der Waals surface area (Å²) in [6.45, 7) is 2.21. The van der Waals surface area contributed by atoms with Crippen LogP contribution < -0.4 is 4.74 Å². The van der Waals surface area contributed by atoms with Gasteiger partial charge >= 0.3 is 5.97 Å². The van der Waals surface area contributed by atoms with Gasteiger partial charge < -0.3 is 9.84 Å². The molecule has 0 aliphatic rings. The highest BCUT2D eigenvalue weighted by molar-refractivity contribution is 5.66. The fourth-order valence-corrected chi connectivity index (χ4v) is 1.41. The normalized spacial score (nSPS) is 10.3. The van der Waals surface area contributed by atoms with Gasteiger partial charge in [0.1, 0.15) is 5.75 Å². The number of aliphatic carboxylic acids is 1. The van der Waals surface area contributed by atoms with E-state index >= 15 is 0 Å².